The van der Waals surface area contributed by atoms with Crippen molar-refractivity contribution in [1.82, 2.24) is 24.3 Å². The Bertz CT molecular complexity index is 726. The second-order valence-corrected chi connectivity index (χ2v) is 9.97. The van der Waals surface area contributed by atoms with Gasteiger partial charge < -0.3 is 14.4 Å². The number of fused-ring (bicyclic) bond motifs is 1. The highest BCUT2D eigenvalue weighted by Gasteiger charge is 2.42. The SMILES string of the molecule is CC(C)n1cnc2c1[C@@H](C(=O)N1CCC(N3CCCC3)CC1)N(CC1CC1)CC2. The molecule has 0 N–H and O–H groups in total. The molecule has 1 aliphatic carbocycles. The molecule has 29 heavy (non-hydrogen) atoms. The van der Waals surface area contributed by atoms with Crippen LogP contribution >= 0.6 is 0 Å². The average Bonchev–Trinajstić information content (AvgIpc) is 3.20. The molecule has 5 rings (SSSR count). The van der Waals surface area contributed by atoms with E-state index in [4.69, 9.17) is 4.98 Å². The Kier molecular flexibility index (Phi) is 5.41. The molecule has 6 nitrogen and oxygen atoms in total. The number of rotatable bonds is 5. The van der Waals surface area contributed by atoms with Gasteiger partial charge in [0.05, 0.1) is 17.7 Å². The summed E-state index contributed by atoms with van der Waals surface area (Å²) in [4.78, 5) is 25.9. The summed E-state index contributed by atoms with van der Waals surface area (Å²) in [5, 5.41) is 0. The van der Waals surface area contributed by atoms with E-state index in [1.54, 1.807) is 0 Å². The number of imidazole rings is 1. The highest BCUT2D eigenvalue weighted by molar-refractivity contribution is 5.83. The van der Waals surface area contributed by atoms with Crippen LogP contribution < -0.4 is 0 Å². The van der Waals surface area contributed by atoms with Gasteiger partial charge in [0.15, 0.2) is 0 Å². The van der Waals surface area contributed by atoms with E-state index in [1.807, 2.05) is 6.33 Å². The number of hydrogen-bond acceptors (Lipinski definition) is 4. The van der Waals surface area contributed by atoms with Gasteiger partial charge in [0, 0.05) is 44.7 Å². The molecule has 4 heterocycles. The monoisotopic (exact) mass is 399 g/mol. The summed E-state index contributed by atoms with van der Waals surface area (Å²) in [7, 11) is 0. The lowest BCUT2D eigenvalue weighted by molar-refractivity contribution is -0.139. The Morgan fingerprint density at radius 2 is 1.79 bits per heavy atom. The van der Waals surface area contributed by atoms with E-state index in [9.17, 15) is 4.79 Å². The summed E-state index contributed by atoms with van der Waals surface area (Å²) < 4.78 is 2.26. The third-order valence-corrected chi connectivity index (χ3v) is 7.58. The number of likely N-dealkylation sites (tertiary alicyclic amines) is 2. The van der Waals surface area contributed by atoms with Gasteiger partial charge in [-0.2, -0.15) is 0 Å². The standard InChI is InChI=1S/C23H37N5O/c1-17(2)28-16-24-20-9-14-27(15-18-5-6-18)22(21(20)28)23(29)26-12-7-19(8-13-26)25-10-3-4-11-25/h16-19,22H,3-15H2,1-2H3/t22-/m0/s1. The van der Waals surface area contributed by atoms with Crippen molar-refractivity contribution in [1.29, 1.82) is 0 Å². The van der Waals surface area contributed by atoms with Crippen LogP contribution in [0.15, 0.2) is 6.33 Å². The lowest BCUT2D eigenvalue weighted by atomic mass is 9.97. The van der Waals surface area contributed by atoms with Crippen LogP contribution in [0.5, 0.6) is 0 Å². The van der Waals surface area contributed by atoms with Crippen molar-refractivity contribution in [3.63, 3.8) is 0 Å². The van der Waals surface area contributed by atoms with Gasteiger partial charge in [-0.05, 0) is 71.4 Å². The molecule has 1 aromatic rings. The first-order valence-electron chi connectivity index (χ1n) is 11.9. The normalized spacial score (nSPS) is 27.0. The van der Waals surface area contributed by atoms with Gasteiger partial charge in [0.25, 0.3) is 0 Å². The first-order chi connectivity index (χ1) is 14.1. The molecular weight excluding hydrogens is 362 g/mol. The van der Waals surface area contributed by atoms with Gasteiger partial charge >= 0.3 is 0 Å². The molecule has 0 bridgehead atoms. The lowest BCUT2D eigenvalue weighted by Gasteiger charge is -2.42. The number of aromatic nitrogens is 2. The zero-order valence-corrected chi connectivity index (χ0v) is 18.2. The van der Waals surface area contributed by atoms with Crippen LogP contribution in [0.4, 0.5) is 0 Å². The molecule has 160 valence electrons. The van der Waals surface area contributed by atoms with Crippen LogP contribution in [-0.4, -0.2) is 75.5 Å². The van der Waals surface area contributed by atoms with E-state index >= 15 is 0 Å². The number of carbonyl (C=O) groups is 1. The highest BCUT2D eigenvalue weighted by Crippen LogP contribution is 2.38. The maximum atomic E-state index is 13.9. The molecule has 1 amide bonds. The average molecular weight is 400 g/mol. The Hall–Kier alpha value is -1.40. The van der Waals surface area contributed by atoms with Crippen LogP contribution in [0.2, 0.25) is 0 Å². The molecule has 1 aromatic heterocycles. The molecule has 2 saturated heterocycles. The number of nitrogens with zero attached hydrogens (tertiary/aromatic N) is 5. The summed E-state index contributed by atoms with van der Waals surface area (Å²) in [6.07, 6.45) is 10.6. The number of amides is 1. The van der Waals surface area contributed by atoms with Gasteiger partial charge in [0.1, 0.15) is 6.04 Å². The minimum absolute atomic E-state index is 0.132. The van der Waals surface area contributed by atoms with Crippen molar-refractivity contribution < 1.29 is 4.79 Å². The molecule has 0 unspecified atom stereocenters. The second kappa shape index (κ2) is 8.03. The Balaban J connectivity index is 1.35. The summed E-state index contributed by atoms with van der Waals surface area (Å²) in [6.45, 7) is 10.8. The molecule has 1 atom stereocenters. The summed E-state index contributed by atoms with van der Waals surface area (Å²) in [5.41, 5.74) is 2.33. The molecule has 3 aliphatic heterocycles. The smallest absolute Gasteiger partial charge is 0.246 e. The van der Waals surface area contributed by atoms with E-state index in [0.29, 0.717) is 18.0 Å². The fraction of sp³-hybridized carbons (Fsp3) is 0.826. The summed E-state index contributed by atoms with van der Waals surface area (Å²) in [6, 6.07) is 0.892. The zero-order chi connectivity index (χ0) is 20.0. The fourth-order valence-corrected chi connectivity index (χ4v) is 5.70. The third-order valence-electron chi connectivity index (χ3n) is 7.58. The van der Waals surface area contributed by atoms with Crippen molar-refractivity contribution in [2.45, 2.75) is 76.9 Å². The van der Waals surface area contributed by atoms with E-state index in [-0.39, 0.29) is 6.04 Å². The van der Waals surface area contributed by atoms with Crippen LogP contribution in [0.3, 0.4) is 0 Å². The van der Waals surface area contributed by atoms with Gasteiger partial charge in [0.2, 0.25) is 5.91 Å². The predicted molar refractivity (Wildman–Crippen MR) is 114 cm³/mol. The number of hydrogen-bond donors (Lipinski definition) is 0. The lowest BCUT2D eigenvalue weighted by Crippen LogP contribution is -2.51. The number of piperidine rings is 1. The summed E-state index contributed by atoms with van der Waals surface area (Å²) in [5.74, 6) is 1.12. The zero-order valence-electron chi connectivity index (χ0n) is 18.2. The molecule has 0 aromatic carbocycles. The van der Waals surface area contributed by atoms with Crippen molar-refractivity contribution in [2.75, 3.05) is 39.3 Å². The van der Waals surface area contributed by atoms with Crippen molar-refractivity contribution in [3.05, 3.63) is 17.7 Å². The van der Waals surface area contributed by atoms with Crippen LogP contribution in [0, 0.1) is 5.92 Å². The molecule has 0 radical (unpaired) electrons. The first kappa shape index (κ1) is 19.6. The van der Waals surface area contributed by atoms with Crippen molar-refractivity contribution in [3.8, 4) is 0 Å². The molecule has 4 aliphatic rings. The van der Waals surface area contributed by atoms with Crippen LogP contribution in [0.1, 0.15) is 75.8 Å². The Morgan fingerprint density at radius 1 is 1.07 bits per heavy atom. The minimum atomic E-state index is -0.132. The molecule has 0 spiro atoms. The predicted octanol–water partition coefficient (Wildman–Crippen LogP) is 2.86. The van der Waals surface area contributed by atoms with Gasteiger partial charge in [-0.25, -0.2) is 4.98 Å². The van der Waals surface area contributed by atoms with E-state index < -0.39 is 0 Å². The van der Waals surface area contributed by atoms with Gasteiger partial charge in [-0.1, -0.05) is 0 Å². The molecule has 6 heteroatoms. The number of carbonyl (C=O) groups excluding carboxylic acids is 1. The Labute approximate surface area is 175 Å². The van der Waals surface area contributed by atoms with Gasteiger partial charge in [-0.15, -0.1) is 0 Å². The Morgan fingerprint density at radius 3 is 2.45 bits per heavy atom. The van der Waals surface area contributed by atoms with Gasteiger partial charge in [-0.3, -0.25) is 9.69 Å². The topological polar surface area (TPSA) is 44.6 Å². The largest absolute Gasteiger partial charge is 0.341 e. The van der Waals surface area contributed by atoms with E-state index in [2.05, 4.69) is 33.1 Å². The van der Waals surface area contributed by atoms with Crippen molar-refractivity contribution >= 4 is 5.91 Å². The minimum Gasteiger partial charge on any atom is -0.341 e. The third kappa shape index (κ3) is 3.86. The van der Waals surface area contributed by atoms with E-state index in [0.717, 1.165) is 57.1 Å². The molecular formula is C23H37N5O. The van der Waals surface area contributed by atoms with Crippen molar-refractivity contribution in [2.24, 2.45) is 5.92 Å². The van der Waals surface area contributed by atoms with E-state index in [1.165, 1.54) is 44.5 Å². The van der Waals surface area contributed by atoms with Crippen LogP contribution in [0.25, 0.3) is 0 Å². The fourth-order valence-electron chi connectivity index (χ4n) is 5.70. The summed E-state index contributed by atoms with van der Waals surface area (Å²) >= 11 is 0. The quantitative estimate of drug-likeness (QED) is 0.764. The maximum absolute atomic E-state index is 13.9. The second-order valence-electron chi connectivity index (χ2n) is 9.97. The maximum Gasteiger partial charge on any atom is 0.246 e. The van der Waals surface area contributed by atoms with Crippen LogP contribution in [-0.2, 0) is 11.2 Å². The molecule has 3 fully saturated rings. The highest BCUT2D eigenvalue weighted by atomic mass is 16.2. The first-order valence-corrected chi connectivity index (χ1v) is 11.9. The molecule has 1 saturated carbocycles.